The quantitative estimate of drug-likeness (QED) is 0.727. The number of benzene rings is 1. The fourth-order valence-corrected chi connectivity index (χ4v) is 1.46. The molecule has 0 saturated carbocycles. The van der Waals surface area contributed by atoms with E-state index in [1.54, 1.807) is 30.3 Å². The van der Waals surface area contributed by atoms with Crippen LogP contribution in [-0.4, -0.2) is 9.97 Å². The number of hydrogen-bond donors (Lipinski definition) is 0. The minimum absolute atomic E-state index is 0.0366. The minimum atomic E-state index is -4.53. The summed E-state index contributed by atoms with van der Waals surface area (Å²) in [4.78, 5) is 7.23. The van der Waals surface area contributed by atoms with Gasteiger partial charge in [0.1, 0.15) is 10.8 Å². The smallest absolute Gasteiger partial charge is 0.223 e. The summed E-state index contributed by atoms with van der Waals surface area (Å²) < 4.78 is 37.5. The molecule has 0 radical (unpaired) electrons. The number of rotatable bonds is 1. The Kier molecular flexibility index (Phi) is 3.02. The van der Waals surface area contributed by atoms with Crippen LogP contribution in [0.3, 0.4) is 0 Å². The number of alkyl halides is 3. The first-order valence-corrected chi connectivity index (χ1v) is 5.02. The van der Waals surface area contributed by atoms with Gasteiger partial charge in [0.25, 0.3) is 0 Å². The van der Waals surface area contributed by atoms with Crippen LogP contribution in [0.15, 0.2) is 36.4 Å². The molecule has 0 N–H and O–H groups in total. The molecule has 0 saturated heterocycles. The lowest BCUT2D eigenvalue weighted by molar-refractivity contribution is -0.141. The van der Waals surface area contributed by atoms with Crippen molar-refractivity contribution in [3.63, 3.8) is 0 Å². The zero-order valence-corrected chi connectivity index (χ0v) is 9.13. The fraction of sp³-hybridized carbons (Fsp3) is 0.0909. The molecule has 0 aliphatic rings. The largest absolute Gasteiger partial charge is 0.433 e. The molecule has 2 rings (SSSR count). The van der Waals surface area contributed by atoms with Crippen molar-refractivity contribution in [1.29, 1.82) is 0 Å². The molecule has 88 valence electrons. The molecule has 0 aliphatic carbocycles. The van der Waals surface area contributed by atoms with Gasteiger partial charge in [0, 0.05) is 11.6 Å². The van der Waals surface area contributed by atoms with E-state index in [1.165, 1.54) is 0 Å². The maximum Gasteiger partial charge on any atom is 0.433 e. The summed E-state index contributed by atoms with van der Waals surface area (Å²) in [5.41, 5.74) is -0.558. The summed E-state index contributed by atoms with van der Waals surface area (Å²) in [6.45, 7) is 0. The van der Waals surface area contributed by atoms with Gasteiger partial charge in [0.05, 0.1) is 0 Å². The number of nitrogens with zero attached hydrogens (tertiary/aromatic N) is 2. The molecular weight excluding hydrogens is 253 g/mol. The molecule has 0 unspecified atom stereocenters. The van der Waals surface area contributed by atoms with Gasteiger partial charge in [-0.15, -0.1) is 0 Å². The Morgan fingerprint density at radius 1 is 1.00 bits per heavy atom. The Morgan fingerprint density at radius 2 is 1.65 bits per heavy atom. The van der Waals surface area contributed by atoms with Crippen molar-refractivity contribution in [2.75, 3.05) is 0 Å². The van der Waals surface area contributed by atoms with Crippen LogP contribution in [0.5, 0.6) is 0 Å². The van der Waals surface area contributed by atoms with Crippen molar-refractivity contribution in [3.05, 3.63) is 47.2 Å². The van der Waals surface area contributed by atoms with E-state index >= 15 is 0 Å². The van der Waals surface area contributed by atoms with Crippen molar-refractivity contribution in [2.45, 2.75) is 6.18 Å². The van der Waals surface area contributed by atoms with Crippen LogP contribution in [0, 0.1) is 0 Å². The van der Waals surface area contributed by atoms with E-state index in [4.69, 9.17) is 11.6 Å². The monoisotopic (exact) mass is 258 g/mol. The maximum absolute atomic E-state index is 12.5. The third-order valence-electron chi connectivity index (χ3n) is 2.02. The molecule has 1 aromatic carbocycles. The predicted molar refractivity (Wildman–Crippen MR) is 57.5 cm³/mol. The van der Waals surface area contributed by atoms with Gasteiger partial charge in [0.2, 0.25) is 0 Å². The molecule has 2 aromatic rings. The predicted octanol–water partition coefficient (Wildman–Crippen LogP) is 3.82. The highest BCUT2D eigenvalue weighted by molar-refractivity contribution is 6.29. The van der Waals surface area contributed by atoms with Crippen molar-refractivity contribution < 1.29 is 13.2 Å². The van der Waals surface area contributed by atoms with Gasteiger partial charge >= 0.3 is 6.18 Å². The van der Waals surface area contributed by atoms with Crippen LogP contribution in [0.25, 0.3) is 11.4 Å². The summed E-state index contributed by atoms with van der Waals surface area (Å²) in [6, 6.07) is 9.06. The van der Waals surface area contributed by atoms with E-state index in [-0.39, 0.29) is 11.0 Å². The second-order valence-corrected chi connectivity index (χ2v) is 3.65. The van der Waals surface area contributed by atoms with Gasteiger partial charge in [-0.2, -0.15) is 13.2 Å². The fourth-order valence-electron chi connectivity index (χ4n) is 1.28. The molecule has 0 amide bonds. The molecule has 2 nitrogen and oxygen atoms in total. The van der Waals surface area contributed by atoms with Crippen molar-refractivity contribution in [3.8, 4) is 11.4 Å². The highest BCUT2D eigenvalue weighted by Crippen LogP contribution is 2.30. The van der Waals surface area contributed by atoms with Crippen LogP contribution < -0.4 is 0 Å². The van der Waals surface area contributed by atoms with Gasteiger partial charge in [0.15, 0.2) is 5.82 Å². The molecule has 0 bridgehead atoms. The Bertz CT molecular complexity index is 526. The topological polar surface area (TPSA) is 25.8 Å². The van der Waals surface area contributed by atoms with Crippen LogP contribution in [-0.2, 0) is 6.18 Å². The Labute approximate surface area is 100 Å². The standard InChI is InChI=1S/C11H6ClF3N2/c12-9-6-8(11(13,14)15)16-10(17-9)7-4-2-1-3-5-7/h1-6H. The van der Waals surface area contributed by atoms with E-state index in [0.29, 0.717) is 11.6 Å². The van der Waals surface area contributed by atoms with E-state index in [0.717, 1.165) is 0 Å². The Hall–Kier alpha value is -1.62. The number of hydrogen-bond acceptors (Lipinski definition) is 2. The third kappa shape index (κ3) is 2.74. The van der Waals surface area contributed by atoms with Crippen LogP contribution in [0.2, 0.25) is 5.15 Å². The highest BCUT2D eigenvalue weighted by atomic mass is 35.5. The second-order valence-electron chi connectivity index (χ2n) is 3.26. The maximum atomic E-state index is 12.5. The lowest BCUT2D eigenvalue weighted by atomic mass is 10.2. The summed E-state index contributed by atoms with van der Waals surface area (Å²) >= 11 is 5.55. The molecule has 1 aromatic heterocycles. The van der Waals surface area contributed by atoms with Gasteiger partial charge < -0.3 is 0 Å². The minimum Gasteiger partial charge on any atom is -0.223 e. The number of halogens is 4. The summed E-state index contributed by atoms with van der Waals surface area (Å²) in [6.07, 6.45) is -4.53. The molecule has 1 heterocycles. The van der Waals surface area contributed by atoms with Gasteiger partial charge in [-0.25, -0.2) is 9.97 Å². The first kappa shape index (κ1) is 11.9. The molecule has 0 fully saturated rings. The summed E-state index contributed by atoms with van der Waals surface area (Å²) in [7, 11) is 0. The molecule has 6 heteroatoms. The molecule has 0 spiro atoms. The Morgan fingerprint density at radius 3 is 2.24 bits per heavy atom. The average molecular weight is 259 g/mol. The molecule has 17 heavy (non-hydrogen) atoms. The van der Waals surface area contributed by atoms with Crippen molar-refractivity contribution >= 4 is 11.6 Å². The zero-order valence-electron chi connectivity index (χ0n) is 8.37. The normalized spacial score (nSPS) is 11.5. The molecule has 0 aliphatic heterocycles. The van der Waals surface area contributed by atoms with Crippen LogP contribution >= 0.6 is 11.6 Å². The van der Waals surface area contributed by atoms with Crippen LogP contribution in [0.4, 0.5) is 13.2 Å². The highest BCUT2D eigenvalue weighted by Gasteiger charge is 2.33. The van der Waals surface area contributed by atoms with E-state index in [9.17, 15) is 13.2 Å². The molecule has 0 atom stereocenters. The van der Waals surface area contributed by atoms with E-state index < -0.39 is 11.9 Å². The summed E-state index contributed by atoms with van der Waals surface area (Å²) in [5, 5.41) is -0.230. The van der Waals surface area contributed by atoms with Crippen LogP contribution in [0.1, 0.15) is 5.69 Å². The first-order chi connectivity index (χ1) is 7.97. The summed E-state index contributed by atoms with van der Waals surface area (Å²) in [5.74, 6) is -0.0366. The van der Waals surface area contributed by atoms with Crippen molar-refractivity contribution in [2.24, 2.45) is 0 Å². The zero-order chi connectivity index (χ0) is 12.5. The number of aromatic nitrogens is 2. The first-order valence-electron chi connectivity index (χ1n) is 4.64. The SMILES string of the molecule is FC(F)(F)c1cc(Cl)nc(-c2ccccc2)n1. The van der Waals surface area contributed by atoms with Gasteiger partial charge in [-0.3, -0.25) is 0 Å². The third-order valence-corrected chi connectivity index (χ3v) is 2.21. The van der Waals surface area contributed by atoms with Gasteiger partial charge in [-0.05, 0) is 0 Å². The lowest BCUT2D eigenvalue weighted by Crippen LogP contribution is -2.09. The molecular formula is C11H6ClF3N2. The van der Waals surface area contributed by atoms with Gasteiger partial charge in [-0.1, -0.05) is 41.9 Å². The van der Waals surface area contributed by atoms with Crippen molar-refractivity contribution in [1.82, 2.24) is 9.97 Å². The Balaban J connectivity index is 2.54. The second kappa shape index (κ2) is 4.33. The average Bonchev–Trinajstić information content (AvgIpc) is 2.28. The van der Waals surface area contributed by atoms with E-state index in [2.05, 4.69) is 9.97 Å². The van der Waals surface area contributed by atoms with E-state index in [1.807, 2.05) is 0 Å². The lowest BCUT2D eigenvalue weighted by Gasteiger charge is -2.07.